The van der Waals surface area contributed by atoms with E-state index in [9.17, 15) is 14.4 Å². The highest BCUT2D eigenvalue weighted by molar-refractivity contribution is 6.31. The number of aromatic amines is 2. The summed E-state index contributed by atoms with van der Waals surface area (Å²) in [6.45, 7) is -0.0478. The van der Waals surface area contributed by atoms with Gasteiger partial charge in [0.15, 0.2) is 0 Å². The molecule has 0 radical (unpaired) electrons. The van der Waals surface area contributed by atoms with Gasteiger partial charge in [-0.1, -0.05) is 41.9 Å². The molecule has 0 saturated carbocycles. The minimum Gasteiger partial charge on any atom is -0.322 e. The first-order valence-corrected chi connectivity index (χ1v) is 9.38. The Hall–Kier alpha value is -3.91. The van der Waals surface area contributed by atoms with Crippen molar-refractivity contribution in [1.82, 2.24) is 19.7 Å². The van der Waals surface area contributed by atoms with Crippen molar-refractivity contribution in [2.45, 2.75) is 6.54 Å². The fraction of sp³-hybridized carbons (Fsp3) is 0.0476. The Kier molecular flexibility index (Phi) is 5.32. The van der Waals surface area contributed by atoms with Crippen molar-refractivity contribution in [3.63, 3.8) is 0 Å². The maximum absolute atomic E-state index is 12.8. The first-order chi connectivity index (χ1) is 14.5. The van der Waals surface area contributed by atoms with Gasteiger partial charge in [0.25, 0.3) is 11.5 Å². The lowest BCUT2D eigenvalue weighted by molar-refractivity contribution is 0.102. The van der Waals surface area contributed by atoms with E-state index in [2.05, 4.69) is 20.5 Å². The van der Waals surface area contributed by atoms with Gasteiger partial charge in [-0.05, 0) is 35.4 Å². The quantitative estimate of drug-likeness (QED) is 0.460. The number of hydrogen-bond donors (Lipinski definition) is 3. The summed E-state index contributed by atoms with van der Waals surface area (Å²) in [7, 11) is 0. The first-order valence-electron chi connectivity index (χ1n) is 9.00. The van der Waals surface area contributed by atoms with Crippen LogP contribution in [0.25, 0.3) is 11.3 Å². The lowest BCUT2D eigenvalue weighted by atomic mass is 10.1. The molecule has 3 N–H and O–H groups in total. The van der Waals surface area contributed by atoms with Gasteiger partial charge in [-0.25, -0.2) is 4.79 Å². The fourth-order valence-electron chi connectivity index (χ4n) is 2.96. The van der Waals surface area contributed by atoms with Crippen molar-refractivity contribution in [3.8, 4) is 11.3 Å². The van der Waals surface area contributed by atoms with Crippen LogP contribution in [0.15, 0.2) is 76.6 Å². The highest BCUT2D eigenvalue weighted by Gasteiger charge is 2.16. The van der Waals surface area contributed by atoms with Crippen molar-refractivity contribution in [2.24, 2.45) is 0 Å². The molecular formula is C21H16ClN5O3. The zero-order valence-electron chi connectivity index (χ0n) is 15.6. The standard InChI is InChI=1S/C21H16ClN5O3/c22-17-4-2-1-3-14(17)12-27-20(29)16(11-23-21(27)30)19(28)25-15-7-5-13(6-8-15)18-9-10-24-26-18/h1-11H,12H2,(H,23,30)(H,24,26)(H,25,28). The molecule has 150 valence electrons. The van der Waals surface area contributed by atoms with E-state index in [1.165, 1.54) is 0 Å². The number of carbonyl (C=O) groups is 1. The second-order valence-corrected chi connectivity index (χ2v) is 6.90. The van der Waals surface area contributed by atoms with Gasteiger partial charge in [0.1, 0.15) is 5.56 Å². The minimum absolute atomic E-state index is 0.0478. The van der Waals surface area contributed by atoms with Gasteiger partial charge in [-0.15, -0.1) is 0 Å². The summed E-state index contributed by atoms with van der Waals surface area (Å²) in [5.74, 6) is -0.626. The smallest absolute Gasteiger partial charge is 0.322 e. The van der Waals surface area contributed by atoms with Crippen LogP contribution in [0.1, 0.15) is 15.9 Å². The maximum Gasteiger partial charge on any atom is 0.328 e. The summed E-state index contributed by atoms with van der Waals surface area (Å²) in [5, 5.41) is 9.85. The van der Waals surface area contributed by atoms with Crippen LogP contribution in [-0.4, -0.2) is 25.7 Å². The van der Waals surface area contributed by atoms with Crippen LogP contribution in [0, 0.1) is 0 Å². The Bertz CT molecular complexity index is 1310. The number of hydrogen-bond acceptors (Lipinski definition) is 4. The number of amides is 1. The molecule has 0 saturated heterocycles. The van der Waals surface area contributed by atoms with E-state index in [1.807, 2.05) is 18.2 Å². The molecule has 1 amide bonds. The molecule has 0 aliphatic rings. The molecule has 2 aromatic heterocycles. The second-order valence-electron chi connectivity index (χ2n) is 6.49. The van der Waals surface area contributed by atoms with E-state index in [4.69, 9.17) is 11.6 Å². The number of carbonyl (C=O) groups excluding carboxylic acids is 1. The third-order valence-corrected chi connectivity index (χ3v) is 4.91. The van der Waals surface area contributed by atoms with Crippen molar-refractivity contribution in [1.29, 1.82) is 0 Å². The molecule has 2 heterocycles. The highest BCUT2D eigenvalue weighted by atomic mass is 35.5. The van der Waals surface area contributed by atoms with Gasteiger partial charge in [0, 0.05) is 23.1 Å². The molecule has 0 fully saturated rings. The van der Waals surface area contributed by atoms with Crippen LogP contribution in [0.5, 0.6) is 0 Å². The van der Waals surface area contributed by atoms with Gasteiger partial charge in [0.2, 0.25) is 0 Å². The first kappa shape index (κ1) is 19.4. The summed E-state index contributed by atoms with van der Waals surface area (Å²) in [4.78, 5) is 40.0. The highest BCUT2D eigenvalue weighted by Crippen LogP contribution is 2.19. The molecule has 0 bridgehead atoms. The summed E-state index contributed by atoms with van der Waals surface area (Å²) in [6.07, 6.45) is 2.76. The number of aromatic nitrogens is 4. The molecular weight excluding hydrogens is 406 g/mol. The number of anilines is 1. The molecule has 2 aromatic carbocycles. The van der Waals surface area contributed by atoms with E-state index in [0.29, 0.717) is 16.3 Å². The van der Waals surface area contributed by atoms with Gasteiger partial charge in [-0.3, -0.25) is 19.3 Å². The third kappa shape index (κ3) is 3.94. The monoisotopic (exact) mass is 421 g/mol. The maximum atomic E-state index is 12.8. The molecule has 4 rings (SSSR count). The SMILES string of the molecule is O=C(Nc1ccc(-c2ccn[nH]2)cc1)c1c[nH]c(=O)n(Cc2ccccc2Cl)c1=O. The largest absolute Gasteiger partial charge is 0.328 e. The van der Waals surface area contributed by atoms with Gasteiger partial charge in [0.05, 0.1) is 12.2 Å². The van der Waals surface area contributed by atoms with Gasteiger partial charge in [-0.2, -0.15) is 5.10 Å². The molecule has 0 unspecified atom stereocenters. The van der Waals surface area contributed by atoms with Crippen LogP contribution in [-0.2, 0) is 6.54 Å². The Morgan fingerprint density at radius 1 is 1.07 bits per heavy atom. The lowest BCUT2D eigenvalue weighted by Crippen LogP contribution is -2.39. The summed E-state index contributed by atoms with van der Waals surface area (Å²) in [6, 6.07) is 15.8. The van der Waals surface area contributed by atoms with Crippen molar-refractivity contribution >= 4 is 23.2 Å². The van der Waals surface area contributed by atoms with Crippen LogP contribution < -0.4 is 16.6 Å². The number of halogens is 1. The van der Waals surface area contributed by atoms with E-state index in [0.717, 1.165) is 22.0 Å². The molecule has 4 aromatic rings. The normalized spacial score (nSPS) is 10.7. The predicted molar refractivity (Wildman–Crippen MR) is 114 cm³/mol. The topological polar surface area (TPSA) is 113 Å². The van der Waals surface area contributed by atoms with E-state index in [1.54, 1.807) is 42.6 Å². The van der Waals surface area contributed by atoms with E-state index in [-0.39, 0.29) is 12.1 Å². The molecule has 0 atom stereocenters. The summed E-state index contributed by atoms with van der Waals surface area (Å²) >= 11 is 6.13. The zero-order chi connectivity index (χ0) is 21.1. The number of benzene rings is 2. The molecule has 0 aliphatic carbocycles. The Morgan fingerprint density at radius 3 is 2.53 bits per heavy atom. The van der Waals surface area contributed by atoms with Crippen LogP contribution >= 0.6 is 11.6 Å². The lowest BCUT2D eigenvalue weighted by Gasteiger charge is -2.09. The Balaban J connectivity index is 1.58. The number of H-pyrrole nitrogens is 2. The van der Waals surface area contributed by atoms with Crippen molar-refractivity contribution in [2.75, 3.05) is 5.32 Å². The van der Waals surface area contributed by atoms with Crippen LogP contribution in [0.3, 0.4) is 0 Å². The Labute approximate surface area is 175 Å². The van der Waals surface area contributed by atoms with Crippen molar-refractivity contribution in [3.05, 3.63) is 104 Å². The van der Waals surface area contributed by atoms with Crippen LogP contribution in [0.4, 0.5) is 5.69 Å². The second kappa shape index (κ2) is 8.22. The van der Waals surface area contributed by atoms with E-state index >= 15 is 0 Å². The molecule has 0 spiro atoms. The van der Waals surface area contributed by atoms with Gasteiger partial charge < -0.3 is 10.3 Å². The number of nitrogens with zero attached hydrogens (tertiary/aromatic N) is 2. The zero-order valence-corrected chi connectivity index (χ0v) is 16.3. The molecule has 0 aliphatic heterocycles. The van der Waals surface area contributed by atoms with Gasteiger partial charge >= 0.3 is 5.69 Å². The Morgan fingerprint density at radius 2 is 1.83 bits per heavy atom. The number of nitrogens with one attached hydrogen (secondary N) is 3. The third-order valence-electron chi connectivity index (χ3n) is 4.55. The average Bonchev–Trinajstić information content (AvgIpc) is 3.28. The fourth-order valence-corrected chi connectivity index (χ4v) is 3.16. The number of rotatable bonds is 5. The minimum atomic E-state index is -0.703. The van der Waals surface area contributed by atoms with Crippen molar-refractivity contribution < 1.29 is 4.79 Å². The molecule has 30 heavy (non-hydrogen) atoms. The average molecular weight is 422 g/mol. The predicted octanol–water partition coefficient (Wildman–Crippen LogP) is 2.88. The molecule has 9 heteroatoms. The van der Waals surface area contributed by atoms with Crippen LogP contribution in [0.2, 0.25) is 5.02 Å². The van der Waals surface area contributed by atoms with E-state index < -0.39 is 17.2 Å². The summed E-state index contributed by atoms with van der Waals surface area (Å²) < 4.78 is 0.942. The molecule has 8 nitrogen and oxygen atoms in total. The summed E-state index contributed by atoms with van der Waals surface area (Å²) in [5.41, 5.74) is 1.34.